The molecule has 1 aromatic rings. The van der Waals surface area contributed by atoms with E-state index in [1.165, 1.54) is 10.4 Å². The van der Waals surface area contributed by atoms with Crippen LogP contribution in [0.1, 0.15) is 6.42 Å². The minimum atomic E-state index is 0.439. The first-order valence-electron chi connectivity index (χ1n) is 5.80. The second-order valence-electron chi connectivity index (χ2n) is 4.34. The highest BCUT2D eigenvalue weighted by molar-refractivity contribution is 5.36. The minimum Gasteiger partial charge on any atom is -0.384 e. The standard InChI is InChI=1S/C15H15N/c1-2-7-14-11-16-15-8-4-3-6-13(15)10-9-12(14)5-1/h1-9,11,13,15-16H,10H2. The van der Waals surface area contributed by atoms with E-state index < -0.39 is 0 Å². The van der Waals surface area contributed by atoms with E-state index in [0.29, 0.717) is 12.0 Å². The Morgan fingerprint density at radius 2 is 1.81 bits per heavy atom. The molecule has 1 aliphatic heterocycles. The molecule has 1 heterocycles. The van der Waals surface area contributed by atoms with Crippen molar-refractivity contribution in [3.63, 3.8) is 0 Å². The van der Waals surface area contributed by atoms with Crippen molar-refractivity contribution in [3.05, 3.63) is 59.0 Å². The molecule has 0 saturated heterocycles. The van der Waals surface area contributed by atoms with Gasteiger partial charge in [0.05, 0.1) is 6.04 Å². The van der Waals surface area contributed by atoms with E-state index in [1.807, 2.05) is 0 Å². The molecule has 0 amide bonds. The van der Waals surface area contributed by atoms with E-state index in [9.17, 15) is 0 Å². The van der Waals surface area contributed by atoms with Gasteiger partial charge < -0.3 is 5.32 Å². The first-order chi connectivity index (χ1) is 7.93. The van der Waals surface area contributed by atoms with E-state index >= 15 is 0 Å². The SMILES string of the molecule is C1=CC2CC=c3ccccc3=CNC2C=C1. The van der Waals surface area contributed by atoms with Gasteiger partial charge in [0.15, 0.2) is 0 Å². The molecule has 0 saturated carbocycles. The quantitative estimate of drug-likeness (QED) is 0.679. The van der Waals surface area contributed by atoms with Crippen LogP contribution in [-0.4, -0.2) is 6.04 Å². The highest BCUT2D eigenvalue weighted by atomic mass is 14.9. The molecule has 0 aromatic heterocycles. The van der Waals surface area contributed by atoms with Crippen molar-refractivity contribution in [1.82, 2.24) is 5.32 Å². The van der Waals surface area contributed by atoms with Crippen LogP contribution in [0.15, 0.2) is 48.6 Å². The van der Waals surface area contributed by atoms with Gasteiger partial charge in [0.1, 0.15) is 0 Å². The summed E-state index contributed by atoms with van der Waals surface area (Å²) in [6.07, 6.45) is 14.4. The summed E-state index contributed by atoms with van der Waals surface area (Å²) in [5.74, 6) is 0.578. The average Bonchev–Trinajstić information content (AvgIpc) is 2.32. The molecule has 80 valence electrons. The lowest BCUT2D eigenvalue weighted by Gasteiger charge is -2.24. The Bertz CT molecular complexity index is 500. The van der Waals surface area contributed by atoms with Gasteiger partial charge in [0.25, 0.3) is 0 Å². The number of hydrogen-bond acceptors (Lipinski definition) is 1. The molecular weight excluding hydrogens is 194 g/mol. The molecule has 0 fully saturated rings. The average molecular weight is 209 g/mol. The zero-order chi connectivity index (χ0) is 10.8. The summed E-state index contributed by atoms with van der Waals surface area (Å²) in [4.78, 5) is 0. The smallest absolute Gasteiger partial charge is 0.0507 e. The normalized spacial score (nSPS) is 26.2. The molecule has 1 N–H and O–H groups in total. The number of allylic oxidation sites excluding steroid dienone is 2. The summed E-state index contributed by atoms with van der Waals surface area (Å²) < 4.78 is 0. The molecule has 0 radical (unpaired) electrons. The molecule has 1 aliphatic carbocycles. The summed E-state index contributed by atoms with van der Waals surface area (Å²) in [6.45, 7) is 0. The van der Waals surface area contributed by atoms with Crippen LogP contribution in [0.3, 0.4) is 0 Å². The molecule has 0 spiro atoms. The number of fused-ring (bicyclic) bond motifs is 2. The molecule has 0 bridgehead atoms. The maximum Gasteiger partial charge on any atom is 0.0507 e. The lowest BCUT2D eigenvalue weighted by molar-refractivity contribution is 0.541. The topological polar surface area (TPSA) is 12.0 Å². The second kappa shape index (κ2) is 4.01. The monoisotopic (exact) mass is 209 g/mol. The van der Waals surface area contributed by atoms with Crippen LogP contribution < -0.4 is 15.8 Å². The summed E-state index contributed by atoms with van der Waals surface area (Å²) >= 11 is 0. The number of nitrogens with one attached hydrogen (secondary N) is 1. The van der Waals surface area contributed by atoms with Crippen molar-refractivity contribution >= 4 is 12.3 Å². The van der Waals surface area contributed by atoms with Crippen LogP contribution in [-0.2, 0) is 0 Å². The van der Waals surface area contributed by atoms with E-state index in [1.54, 1.807) is 0 Å². The molecule has 2 atom stereocenters. The van der Waals surface area contributed by atoms with Crippen LogP contribution in [0.4, 0.5) is 0 Å². The zero-order valence-corrected chi connectivity index (χ0v) is 9.14. The van der Waals surface area contributed by atoms with Gasteiger partial charge in [-0.3, -0.25) is 0 Å². The van der Waals surface area contributed by atoms with Gasteiger partial charge in [-0.05, 0) is 16.9 Å². The van der Waals surface area contributed by atoms with E-state index in [-0.39, 0.29) is 0 Å². The van der Waals surface area contributed by atoms with Gasteiger partial charge in [-0.15, -0.1) is 0 Å². The van der Waals surface area contributed by atoms with Crippen LogP contribution in [0.2, 0.25) is 0 Å². The minimum absolute atomic E-state index is 0.439. The van der Waals surface area contributed by atoms with Crippen molar-refractivity contribution in [2.45, 2.75) is 12.5 Å². The van der Waals surface area contributed by atoms with Crippen molar-refractivity contribution in [2.75, 3.05) is 0 Å². The van der Waals surface area contributed by atoms with E-state index in [2.05, 4.69) is 66.2 Å². The lowest BCUT2D eigenvalue weighted by atomic mass is 9.91. The Morgan fingerprint density at radius 1 is 1.00 bits per heavy atom. The van der Waals surface area contributed by atoms with Gasteiger partial charge in [-0.2, -0.15) is 0 Å². The van der Waals surface area contributed by atoms with Crippen LogP contribution >= 0.6 is 0 Å². The largest absolute Gasteiger partial charge is 0.384 e. The highest BCUT2D eigenvalue weighted by Gasteiger charge is 2.16. The third-order valence-corrected chi connectivity index (χ3v) is 3.29. The number of hydrogen-bond donors (Lipinski definition) is 1. The predicted molar refractivity (Wildman–Crippen MR) is 67.9 cm³/mol. The summed E-state index contributed by atoms with van der Waals surface area (Å²) in [6, 6.07) is 8.95. The summed E-state index contributed by atoms with van der Waals surface area (Å²) in [5, 5.41) is 6.11. The van der Waals surface area contributed by atoms with Gasteiger partial charge in [0.2, 0.25) is 0 Å². The third-order valence-electron chi connectivity index (χ3n) is 3.29. The zero-order valence-electron chi connectivity index (χ0n) is 9.14. The number of rotatable bonds is 0. The molecule has 1 aromatic carbocycles. The van der Waals surface area contributed by atoms with E-state index in [0.717, 1.165) is 6.42 Å². The third kappa shape index (κ3) is 1.69. The van der Waals surface area contributed by atoms with Crippen LogP contribution in [0.25, 0.3) is 12.3 Å². The maximum atomic E-state index is 3.50. The fourth-order valence-corrected chi connectivity index (χ4v) is 2.33. The summed E-state index contributed by atoms with van der Waals surface area (Å²) in [7, 11) is 0. The summed E-state index contributed by atoms with van der Waals surface area (Å²) in [5.41, 5.74) is 0. The van der Waals surface area contributed by atoms with Gasteiger partial charge in [-0.1, -0.05) is 54.6 Å². The fourth-order valence-electron chi connectivity index (χ4n) is 2.33. The highest BCUT2D eigenvalue weighted by Crippen LogP contribution is 2.17. The molecule has 3 rings (SSSR count). The molecular formula is C15H15N. The second-order valence-corrected chi connectivity index (χ2v) is 4.34. The lowest BCUT2D eigenvalue weighted by Crippen LogP contribution is -2.37. The first-order valence-corrected chi connectivity index (χ1v) is 5.80. The number of benzene rings is 1. The van der Waals surface area contributed by atoms with Crippen molar-refractivity contribution in [3.8, 4) is 0 Å². The fraction of sp³-hybridized carbons (Fsp3) is 0.200. The van der Waals surface area contributed by atoms with Gasteiger partial charge >= 0.3 is 0 Å². The Kier molecular flexibility index (Phi) is 2.37. The maximum absolute atomic E-state index is 3.50. The first kappa shape index (κ1) is 9.46. The van der Waals surface area contributed by atoms with Crippen molar-refractivity contribution < 1.29 is 0 Å². The van der Waals surface area contributed by atoms with Crippen molar-refractivity contribution in [1.29, 1.82) is 0 Å². The molecule has 1 heteroatoms. The van der Waals surface area contributed by atoms with Crippen LogP contribution in [0.5, 0.6) is 0 Å². The predicted octanol–water partition coefficient (Wildman–Crippen LogP) is 1.31. The molecule has 2 aliphatic rings. The van der Waals surface area contributed by atoms with Gasteiger partial charge in [0, 0.05) is 12.1 Å². The molecule has 2 unspecified atom stereocenters. The van der Waals surface area contributed by atoms with Crippen LogP contribution in [0, 0.1) is 5.92 Å². The Hall–Kier alpha value is -1.76. The van der Waals surface area contributed by atoms with Crippen molar-refractivity contribution in [2.24, 2.45) is 5.92 Å². The molecule has 1 nitrogen and oxygen atoms in total. The Morgan fingerprint density at radius 3 is 2.75 bits per heavy atom. The van der Waals surface area contributed by atoms with Gasteiger partial charge in [-0.25, -0.2) is 0 Å². The molecule has 16 heavy (non-hydrogen) atoms. The Balaban J connectivity index is 2.07. The Labute approximate surface area is 95.5 Å². The van der Waals surface area contributed by atoms with E-state index in [4.69, 9.17) is 0 Å².